The van der Waals surface area contributed by atoms with Crippen molar-refractivity contribution in [2.24, 2.45) is 0 Å². The summed E-state index contributed by atoms with van der Waals surface area (Å²) >= 11 is 4.96. The molecule has 0 aliphatic carbocycles. The van der Waals surface area contributed by atoms with Gasteiger partial charge in [0.15, 0.2) is 0 Å². The third-order valence-corrected chi connectivity index (χ3v) is 4.44. The number of morpholine rings is 1. The van der Waals surface area contributed by atoms with Crippen LogP contribution in [0, 0.1) is 6.92 Å². The molecule has 0 unspecified atom stereocenters. The number of rotatable bonds is 2. The van der Waals surface area contributed by atoms with Gasteiger partial charge in [-0.25, -0.2) is 4.98 Å². The summed E-state index contributed by atoms with van der Waals surface area (Å²) in [5.41, 5.74) is 1.19. The van der Waals surface area contributed by atoms with Crippen molar-refractivity contribution >= 4 is 32.6 Å². The maximum absolute atomic E-state index is 5.87. The Hall–Kier alpha value is -0.980. The molecule has 1 saturated heterocycles. The Kier molecular flexibility index (Phi) is 3.81. The molecule has 6 heteroatoms. The van der Waals surface area contributed by atoms with Crippen molar-refractivity contribution in [2.45, 2.75) is 13.0 Å². The van der Waals surface area contributed by atoms with E-state index in [0.29, 0.717) is 0 Å². The number of nitrogens with zero attached hydrogens (tertiary/aromatic N) is 3. The summed E-state index contributed by atoms with van der Waals surface area (Å²) in [6, 6.07) is 8.28. The van der Waals surface area contributed by atoms with Crippen LogP contribution in [0.5, 0.6) is 0 Å². The summed E-state index contributed by atoms with van der Waals surface area (Å²) in [5.74, 6) is 0.838. The van der Waals surface area contributed by atoms with Crippen LogP contribution >= 0.6 is 27.5 Å². The summed E-state index contributed by atoms with van der Waals surface area (Å²) in [5, 5.41) is 0.987. The number of ether oxygens (including phenoxy) is 1. The van der Waals surface area contributed by atoms with Gasteiger partial charge in [0.05, 0.1) is 13.2 Å². The number of aromatic nitrogens is 2. The zero-order valence-corrected chi connectivity index (χ0v) is 12.9. The summed E-state index contributed by atoms with van der Waals surface area (Å²) in [6.07, 6.45) is 0.0930. The number of hydrogen-bond acceptors (Lipinski definition) is 5. The van der Waals surface area contributed by atoms with Crippen LogP contribution in [-0.2, 0) is 4.74 Å². The molecule has 0 saturated carbocycles. The standard InChI is InChI=1S/C13H14BrN3OS/c1-9-15-13(19-16-9)17-5-6-18-12(8-17)10-3-2-4-11(14)7-10/h2-4,7,12H,5-6,8H2,1H3/t12-/m1/s1. The molecule has 4 nitrogen and oxygen atoms in total. The first kappa shape index (κ1) is 13.0. The van der Waals surface area contributed by atoms with Gasteiger partial charge in [0.1, 0.15) is 11.9 Å². The second kappa shape index (κ2) is 5.56. The Morgan fingerprint density at radius 1 is 1.47 bits per heavy atom. The van der Waals surface area contributed by atoms with Crippen LogP contribution in [-0.4, -0.2) is 29.1 Å². The minimum Gasteiger partial charge on any atom is -0.370 e. The van der Waals surface area contributed by atoms with E-state index in [1.54, 1.807) is 0 Å². The van der Waals surface area contributed by atoms with E-state index < -0.39 is 0 Å². The molecular weight excluding hydrogens is 326 g/mol. The molecule has 1 aliphatic rings. The lowest BCUT2D eigenvalue weighted by Gasteiger charge is -2.32. The lowest BCUT2D eigenvalue weighted by atomic mass is 10.1. The minimum absolute atomic E-state index is 0.0930. The monoisotopic (exact) mass is 339 g/mol. The normalized spacial score (nSPS) is 19.7. The zero-order chi connectivity index (χ0) is 13.2. The minimum atomic E-state index is 0.0930. The van der Waals surface area contributed by atoms with Gasteiger partial charge in [0.2, 0.25) is 5.13 Å². The Labute approximate surface area is 124 Å². The van der Waals surface area contributed by atoms with Crippen molar-refractivity contribution in [3.8, 4) is 0 Å². The maximum Gasteiger partial charge on any atom is 0.205 e. The van der Waals surface area contributed by atoms with E-state index in [-0.39, 0.29) is 6.10 Å². The molecule has 1 aliphatic heterocycles. The molecule has 1 atom stereocenters. The van der Waals surface area contributed by atoms with Crippen LogP contribution in [0.15, 0.2) is 28.7 Å². The molecule has 1 fully saturated rings. The van der Waals surface area contributed by atoms with Gasteiger partial charge in [-0.05, 0) is 24.6 Å². The highest BCUT2D eigenvalue weighted by Crippen LogP contribution is 2.28. The van der Waals surface area contributed by atoms with Crippen molar-refractivity contribution in [2.75, 3.05) is 24.6 Å². The van der Waals surface area contributed by atoms with Crippen molar-refractivity contribution < 1.29 is 4.74 Å². The van der Waals surface area contributed by atoms with Crippen molar-refractivity contribution in [3.05, 3.63) is 40.1 Å². The van der Waals surface area contributed by atoms with Crippen molar-refractivity contribution in [1.29, 1.82) is 0 Å². The highest BCUT2D eigenvalue weighted by molar-refractivity contribution is 9.10. The molecule has 1 aromatic carbocycles. The summed E-state index contributed by atoms with van der Waals surface area (Å²) < 4.78 is 11.2. The van der Waals surface area contributed by atoms with E-state index in [9.17, 15) is 0 Å². The van der Waals surface area contributed by atoms with E-state index in [1.165, 1.54) is 17.1 Å². The van der Waals surface area contributed by atoms with Gasteiger partial charge in [-0.2, -0.15) is 4.37 Å². The summed E-state index contributed by atoms with van der Waals surface area (Å²) in [6.45, 7) is 4.34. The topological polar surface area (TPSA) is 38.2 Å². The zero-order valence-electron chi connectivity index (χ0n) is 10.5. The van der Waals surface area contributed by atoms with Gasteiger partial charge < -0.3 is 9.64 Å². The molecular formula is C13H14BrN3OS. The molecule has 0 radical (unpaired) electrons. The first-order valence-corrected chi connectivity index (χ1v) is 7.71. The van der Waals surface area contributed by atoms with Crippen LogP contribution < -0.4 is 4.90 Å². The predicted octanol–water partition coefficient (Wildman–Crippen LogP) is 3.19. The smallest absolute Gasteiger partial charge is 0.205 e. The fourth-order valence-electron chi connectivity index (χ4n) is 2.15. The largest absolute Gasteiger partial charge is 0.370 e. The van der Waals surface area contributed by atoms with Crippen LogP contribution in [0.3, 0.4) is 0 Å². The lowest BCUT2D eigenvalue weighted by Crippen LogP contribution is -2.38. The fourth-order valence-corrected chi connectivity index (χ4v) is 3.27. The molecule has 2 aromatic rings. The summed E-state index contributed by atoms with van der Waals surface area (Å²) in [7, 11) is 0. The Balaban J connectivity index is 1.78. The van der Waals surface area contributed by atoms with Gasteiger partial charge >= 0.3 is 0 Å². The molecule has 0 bridgehead atoms. The second-order valence-electron chi connectivity index (χ2n) is 4.48. The number of aryl methyl sites for hydroxylation is 1. The quantitative estimate of drug-likeness (QED) is 0.842. The van der Waals surface area contributed by atoms with Crippen LogP contribution in [0.4, 0.5) is 5.13 Å². The van der Waals surface area contributed by atoms with Crippen LogP contribution in [0.1, 0.15) is 17.5 Å². The average Bonchev–Trinajstić information content (AvgIpc) is 2.86. The third-order valence-electron chi connectivity index (χ3n) is 3.07. The van der Waals surface area contributed by atoms with E-state index in [0.717, 1.165) is 35.1 Å². The molecule has 19 heavy (non-hydrogen) atoms. The Morgan fingerprint density at radius 3 is 3.11 bits per heavy atom. The Bertz CT molecular complexity index is 575. The highest BCUT2D eigenvalue weighted by Gasteiger charge is 2.24. The SMILES string of the molecule is Cc1nsc(N2CCO[C@@H](c3cccc(Br)c3)C2)n1. The first-order valence-electron chi connectivity index (χ1n) is 6.15. The number of halogens is 1. The van der Waals surface area contributed by atoms with E-state index >= 15 is 0 Å². The molecule has 2 heterocycles. The number of benzene rings is 1. The molecule has 0 spiro atoms. The van der Waals surface area contributed by atoms with E-state index in [4.69, 9.17) is 4.74 Å². The van der Waals surface area contributed by atoms with Gasteiger partial charge in [-0.15, -0.1) is 0 Å². The van der Waals surface area contributed by atoms with Crippen LogP contribution in [0.2, 0.25) is 0 Å². The van der Waals surface area contributed by atoms with E-state index in [1.807, 2.05) is 19.1 Å². The maximum atomic E-state index is 5.87. The van der Waals surface area contributed by atoms with Gasteiger partial charge in [-0.3, -0.25) is 0 Å². The van der Waals surface area contributed by atoms with Gasteiger partial charge in [0.25, 0.3) is 0 Å². The molecule has 100 valence electrons. The summed E-state index contributed by atoms with van der Waals surface area (Å²) in [4.78, 5) is 6.70. The molecule has 3 rings (SSSR count). The fraction of sp³-hybridized carbons (Fsp3) is 0.385. The van der Waals surface area contributed by atoms with Gasteiger partial charge in [0, 0.05) is 22.5 Å². The van der Waals surface area contributed by atoms with E-state index in [2.05, 4.69) is 42.3 Å². The predicted molar refractivity (Wildman–Crippen MR) is 79.7 cm³/mol. The molecule has 1 aromatic heterocycles. The number of anilines is 1. The first-order chi connectivity index (χ1) is 9.22. The van der Waals surface area contributed by atoms with Crippen LogP contribution in [0.25, 0.3) is 0 Å². The van der Waals surface area contributed by atoms with Crippen molar-refractivity contribution in [3.63, 3.8) is 0 Å². The molecule has 0 amide bonds. The average molecular weight is 340 g/mol. The third kappa shape index (κ3) is 2.96. The molecule has 0 N–H and O–H groups in total. The highest BCUT2D eigenvalue weighted by atomic mass is 79.9. The lowest BCUT2D eigenvalue weighted by molar-refractivity contribution is 0.0397. The number of hydrogen-bond donors (Lipinski definition) is 0. The second-order valence-corrected chi connectivity index (χ2v) is 6.13. The van der Waals surface area contributed by atoms with Crippen molar-refractivity contribution in [1.82, 2.24) is 9.36 Å². The van der Waals surface area contributed by atoms with Gasteiger partial charge in [-0.1, -0.05) is 28.1 Å². The Morgan fingerprint density at radius 2 is 2.37 bits per heavy atom.